The van der Waals surface area contributed by atoms with Gasteiger partial charge in [-0.05, 0) is 43.0 Å². The van der Waals surface area contributed by atoms with Gasteiger partial charge in [0.05, 0.1) is 10.0 Å². The summed E-state index contributed by atoms with van der Waals surface area (Å²) in [6.45, 7) is 1.82. The summed E-state index contributed by atoms with van der Waals surface area (Å²) >= 11 is 13.9. The normalized spacial score (nSPS) is 10.7. The molecule has 0 radical (unpaired) electrons. The van der Waals surface area contributed by atoms with E-state index in [9.17, 15) is 0 Å². The van der Waals surface area contributed by atoms with Crippen molar-refractivity contribution >= 4 is 35.0 Å². The average Bonchev–Trinajstić information content (AvgIpc) is 2.29. The largest absolute Gasteiger partial charge is 0.313 e. The van der Waals surface area contributed by atoms with E-state index in [0.29, 0.717) is 10.0 Å². The van der Waals surface area contributed by atoms with Crippen LogP contribution in [0.15, 0.2) is 18.2 Å². The predicted molar refractivity (Wildman–Crippen MR) is 75.8 cm³/mol. The van der Waals surface area contributed by atoms with Gasteiger partial charge in [-0.25, -0.2) is 0 Å². The van der Waals surface area contributed by atoms with Crippen molar-refractivity contribution in [2.45, 2.75) is 19.4 Å². The minimum absolute atomic E-state index is 0.628. The van der Waals surface area contributed by atoms with E-state index in [1.165, 1.54) is 18.6 Å². The Bertz CT molecular complexity index is 318. The lowest BCUT2D eigenvalue weighted by molar-refractivity contribution is 0.644. The highest BCUT2D eigenvalue weighted by atomic mass is 35.5. The molecule has 0 fully saturated rings. The van der Waals surface area contributed by atoms with Crippen molar-refractivity contribution in [3.63, 3.8) is 0 Å². The van der Waals surface area contributed by atoms with E-state index >= 15 is 0 Å². The summed E-state index contributed by atoms with van der Waals surface area (Å²) in [5.74, 6) is 1.24. The van der Waals surface area contributed by atoms with E-state index in [1.807, 2.05) is 30.0 Å². The smallest absolute Gasteiger partial charge is 0.0637 e. The average molecular weight is 278 g/mol. The lowest BCUT2D eigenvalue weighted by Gasteiger charge is -2.07. The quantitative estimate of drug-likeness (QED) is 0.749. The number of hydrogen-bond acceptors (Lipinski definition) is 2. The summed E-state index contributed by atoms with van der Waals surface area (Å²) in [5.41, 5.74) is 1.07. The monoisotopic (exact) mass is 277 g/mol. The highest BCUT2D eigenvalue weighted by Gasteiger charge is 2.02. The molecule has 0 bridgehead atoms. The third-order valence-corrected chi connectivity index (χ3v) is 3.85. The number of rotatable bonds is 7. The van der Waals surface area contributed by atoms with Crippen LogP contribution in [-0.4, -0.2) is 18.6 Å². The van der Waals surface area contributed by atoms with Gasteiger partial charge in [0.2, 0.25) is 0 Å². The van der Waals surface area contributed by atoms with Gasteiger partial charge < -0.3 is 5.32 Å². The zero-order valence-corrected chi connectivity index (χ0v) is 11.8. The first kappa shape index (κ1) is 14.2. The van der Waals surface area contributed by atoms with Gasteiger partial charge in [-0.2, -0.15) is 11.8 Å². The number of hydrogen-bond donors (Lipinski definition) is 1. The van der Waals surface area contributed by atoms with E-state index in [0.717, 1.165) is 18.7 Å². The molecule has 0 aliphatic rings. The van der Waals surface area contributed by atoms with Crippen LogP contribution in [0.5, 0.6) is 0 Å². The van der Waals surface area contributed by atoms with Gasteiger partial charge in [0.25, 0.3) is 0 Å². The predicted octanol–water partition coefficient (Wildman–Crippen LogP) is 4.23. The standard InChI is InChI=1S/C12H17Cl2NS/c1-16-8-3-2-7-15-9-10-5-4-6-11(13)12(10)14/h4-6,15H,2-3,7-9H2,1H3. The molecule has 0 atom stereocenters. The van der Waals surface area contributed by atoms with Crippen LogP contribution in [0.4, 0.5) is 0 Å². The van der Waals surface area contributed by atoms with Crippen LogP contribution < -0.4 is 5.32 Å². The number of benzene rings is 1. The SMILES string of the molecule is CSCCCCNCc1cccc(Cl)c1Cl. The molecule has 4 heteroatoms. The van der Waals surface area contributed by atoms with E-state index in [1.54, 1.807) is 0 Å². The van der Waals surface area contributed by atoms with Crippen molar-refractivity contribution in [1.82, 2.24) is 5.32 Å². The van der Waals surface area contributed by atoms with Crippen LogP contribution in [0, 0.1) is 0 Å². The Labute approximate surface area is 112 Å². The molecule has 0 aliphatic carbocycles. The van der Waals surface area contributed by atoms with E-state index in [4.69, 9.17) is 23.2 Å². The van der Waals surface area contributed by atoms with E-state index < -0.39 is 0 Å². The molecule has 1 aromatic carbocycles. The van der Waals surface area contributed by atoms with Crippen LogP contribution in [0.3, 0.4) is 0 Å². The molecule has 1 N–H and O–H groups in total. The van der Waals surface area contributed by atoms with E-state index in [2.05, 4.69) is 11.6 Å². The summed E-state index contributed by atoms with van der Waals surface area (Å²) in [6, 6.07) is 5.74. The fourth-order valence-electron chi connectivity index (χ4n) is 1.40. The number of halogens is 2. The van der Waals surface area contributed by atoms with Gasteiger partial charge in [-0.15, -0.1) is 0 Å². The zero-order chi connectivity index (χ0) is 11.8. The maximum Gasteiger partial charge on any atom is 0.0637 e. The van der Waals surface area contributed by atoms with Gasteiger partial charge >= 0.3 is 0 Å². The second-order valence-electron chi connectivity index (χ2n) is 3.59. The van der Waals surface area contributed by atoms with Gasteiger partial charge in [-0.3, -0.25) is 0 Å². The molecule has 0 amide bonds. The lowest BCUT2D eigenvalue weighted by atomic mass is 10.2. The fourth-order valence-corrected chi connectivity index (χ4v) is 2.28. The molecule has 90 valence electrons. The van der Waals surface area contributed by atoms with Crippen molar-refractivity contribution in [3.8, 4) is 0 Å². The highest BCUT2D eigenvalue weighted by molar-refractivity contribution is 7.98. The lowest BCUT2D eigenvalue weighted by Crippen LogP contribution is -2.15. The molecular formula is C12H17Cl2NS. The summed E-state index contributed by atoms with van der Waals surface area (Å²) in [7, 11) is 0. The first-order valence-electron chi connectivity index (χ1n) is 5.38. The van der Waals surface area contributed by atoms with Gasteiger partial charge in [0.15, 0.2) is 0 Å². The Hall–Kier alpha value is 0.110. The summed E-state index contributed by atoms with van der Waals surface area (Å²) in [5, 5.41) is 4.67. The maximum atomic E-state index is 6.08. The Morgan fingerprint density at radius 3 is 2.81 bits per heavy atom. The van der Waals surface area contributed by atoms with Crippen LogP contribution in [0.2, 0.25) is 10.0 Å². The van der Waals surface area contributed by atoms with Crippen molar-refractivity contribution in [1.29, 1.82) is 0 Å². The van der Waals surface area contributed by atoms with Crippen molar-refractivity contribution in [2.75, 3.05) is 18.6 Å². The molecule has 0 aromatic heterocycles. The van der Waals surface area contributed by atoms with Crippen LogP contribution in [0.1, 0.15) is 18.4 Å². The second-order valence-corrected chi connectivity index (χ2v) is 5.36. The van der Waals surface area contributed by atoms with Crippen LogP contribution in [-0.2, 0) is 6.54 Å². The van der Waals surface area contributed by atoms with Gasteiger partial charge in [-0.1, -0.05) is 35.3 Å². The molecule has 16 heavy (non-hydrogen) atoms. The number of unbranched alkanes of at least 4 members (excludes halogenated alkanes) is 1. The Kier molecular flexibility index (Phi) is 7.30. The molecular weight excluding hydrogens is 261 g/mol. The third-order valence-electron chi connectivity index (χ3n) is 2.30. The molecule has 0 saturated heterocycles. The van der Waals surface area contributed by atoms with E-state index in [-0.39, 0.29) is 0 Å². The molecule has 0 heterocycles. The first-order chi connectivity index (χ1) is 7.75. The fraction of sp³-hybridized carbons (Fsp3) is 0.500. The molecule has 0 saturated carbocycles. The van der Waals surface area contributed by atoms with Crippen molar-refractivity contribution < 1.29 is 0 Å². The molecule has 0 spiro atoms. The Morgan fingerprint density at radius 2 is 2.06 bits per heavy atom. The summed E-state index contributed by atoms with van der Waals surface area (Å²) < 4.78 is 0. The molecule has 0 aliphatic heterocycles. The number of thioether (sulfide) groups is 1. The first-order valence-corrected chi connectivity index (χ1v) is 7.53. The van der Waals surface area contributed by atoms with Gasteiger partial charge in [0, 0.05) is 6.54 Å². The van der Waals surface area contributed by atoms with Gasteiger partial charge in [0.1, 0.15) is 0 Å². The topological polar surface area (TPSA) is 12.0 Å². The molecule has 1 aromatic rings. The van der Waals surface area contributed by atoms with Crippen LogP contribution in [0.25, 0.3) is 0 Å². The summed E-state index contributed by atoms with van der Waals surface area (Å²) in [6.07, 6.45) is 4.61. The Morgan fingerprint density at radius 1 is 1.25 bits per heavy atom. The van der Waals surface area contributed by atoms with Crippen molar-refractivity contribution in [2.24, 2.45) is 0 Å². The second kappa shape index (κ2) is 8.24. The minimum atomic E-state index is 0.628. The van der Waals surface area contributed by atoms with Crippen LogP contribution >= 0.6 is 35.0 Å². The zero-order valence-electron chi connectivity index (χ0n) is 9.43. The molecule has 1 rings (SSSR count). The molecule has 0 unspecified atom stereocenters. The minimum Gasteiger partial charge on any atom is -0.313 e. The van der Waals surface area contributed by atoms with Crippen molar-refractivity contribution in [3.05, 3.63) is 33.8 Å². The third kappa shape index (κ3) is 4.96. The Balaban J connectivity index is 2.24. The number of nitrogens with one attached hydrogen (secondary N) is 1. The molecule has 1 nitrogen and oxygen atoms in total. The summed E-state index contributed by atoms with van der Waals surface area (Å²) in [4.78, 5) is 0. The maximum absolute atomic E-state index is 6.08. The highest BCUT2D eigenvalue weighted by Crippen LogP contribution is 2.25.